The van der Waals surface area contributed by atoms with Gasteiger partial charge in [0.05, 0.1) is 1.37 Å². The third-order valence-corrected chi connectivity index (χ3v) is 7.19. The summed E-state index contributed by atoms with van der Waals surface area (Å²) in [7, 11) is 0. The fourth-order valence-corrected chi connectivity index (χ4v) is 5.49. The molecular weight excluding hydrogens is 432 g/mol. The third kappa shape index (κ3) is 3.39. The smallest absolute Gasteiger partial charge is 0.0622 e. The fourth-order valence-electron chi connectivity index (χ4n) is 5.49. The van der Waals surface area contributed by atoms with Crippen LogP contribution in [0.15, 0.2) is 146 Å². The molecule has 0 heteroatoms. The monoisotopic (exact) mass is 457 g/mol. The van der Waals surface area contributed by atoms with Crippen molar-refractivity contribution in [2.24, 2.45) is 0 Å². The molecule has 0 saturated heterocycles. The molecule has 0 fully saturated rings. The van der Waals surface area contributed by atoms with Gasteiger partial charge in [0.2, 0.25) is 0 Å². The van der Waals surface area contributed by atoms with Gasteiger partial charge >= 0.3 is 0 Å². The summed E-state index contributed by atoms with van der Waals surface area (Å²) in [4.78, 5) is 0. The molecule has 0 aromatic heterocycles. The molecule has 0 atom stereocenters. The first-order valence-electron chi connectivity index (χ1n) is 12.9. The highest BCUT2D eigenvalue weighted by Crippen LogP contribution is 2.43. The molecule has 0 N–H and O–H groups in total. The van der Waals surface area contributed by atoms with Gasteiger partial charge in [-0.2, -0.15) is 0 Å². The van der Waals surface area contributed by atoms with Crippen molar-refractivity contribution in [1.82, 2.24) is 0 Å². The number of rotatable bonds is 3. The molecule has 0 spiro atoms. The SMILES string of the molecule is [2H]c1ccc2ccc(-c3ccc(-c4c5ccccc5c(-c5ccccc5)c5ccccc45)cc3)cc2c1. The summed E-state index contributed by atoms with van der Waals surface area (Å²) in [6.45, 7) is 0. The van der Waals surface area contributed by atoms with Crippen LogP contribution in [0, 0.1) is 0 Å². The van der Waals surface area contributed by atoms with Crippen LogP contribution in [0.5, 0.6) is 0 Å². The Labute approximate surface area is 212 Å². The predicted octanol–water partition coefficient (Wildman–Crippen LogP) is 10.1. The van der Waals surface area contributed by atoms with Gasteiger partial charge in [-0.05, 0) is 71.8 Å². The van der Waals surface area contributed by atoms with E-state index in [1.807, 2.05) is 18.2 Å². The van der Waals surface area contributed by atoms with Crippen molar-refractivity contribution in [1.29, 1.82) is 0 Å². The van der Waals surface area contributed by atoms with Gasteiger partial charge < -0.3 is 0 Å². The van der Waals surface area contributed by atoms with Crippen LogP contribution < -0.4 is 0 Å². The minimum Gasteiger partial charge on any atom is -0.0622 e. The average molecular weight is 458 g/mol. The molecule has 0 radical (unpaired) electrons. The maximum atomic E-state index is 7.98. The summed E-state index contributed by atoms with van der Waals surface area (Å²) in [5.41, 5.74) is 7.36. The highest BCUT2D eigenvalue weighted by atomic mass is 14.2. The Morgan fingerprint density at radius 2 is 0.833 bits per heavy atom. The molecule has 0 aliphatic carbocycles. The van der Waals surface area contributed by atoms with E-state index < -0.39 is 0 Å². The van der Waals surface area contributed by atoms with E-state index in [-0.39, 0.29) is 0 Å². The second kappa shape index (κ2) is 8.52. The van der Waals surface area contributed by atoms with E-state index in [1.54, 1.807) is 0 Å². The lowest BCUT2D eigenvalue weighted by molar-refractivity contribution is 1.62. The maximum Gasteiger partial charge on any atom is 0.0623 e. The molecule has 0 aliphatic rings. The van der Waals surface area contributed by atoms with Gasteiger partial charge in [0.15, 0.2) is 0 Å². The van der Waals surface area contributed by atoms with Crippen molar-refractivity contribution in [3.8, 4) is 33.4 Å². The molecule has 7 aromatic rings. The lowest BCUT2D eigenvalue weighted by Crippen LogP contribution is -1.90. The maximum absolute atomic E-state index is 7.98. The van der Waals surface area contributed by atoms with Gasteiger partial charge in [-0.25, -0.2) is 0 Å². The minimum atomic E-state index is 0.540. The number of fused-ring (bicyclic) bond motifs is 3. The van der Waals surface area contributed by atoms with E-state index in [4.69, 9.17) is 1.37 Å². The Kier molecular flexibility index (Phi) is 4.64. The summed E-state index contributed by atoms with van der Waals surface area (Å²) in [6, 6.07) is 50.0. The lowest BCUT2D eigenvalue weighted by atomic mass is 9.86. The molecular formula is C36H24. The van der Waals surface area contributed by atoms with Crippen molar-refractivity contribution < 1.29 is 1.37 Å². The largest absolute Gasteiger partial charge is 0.0623 e. The second-order valence-electron chi connectivity index (χ2n) is 9.27. The van der Waals surface area contributed by atoms with E-state index >= 15 is 0 Å². The van der Waals surface area contributed by atoms with Gasteiger partial charge in [-0.1, -0.05) is 140 Å². The van der Waals surface area contributed by atoms with E-state index in [2.05, 4.69) is 121 Å². The molecule has 0 amide bonds. The highest BCUT2D eigenvalue weighted by Gasteiger charge is 2.16. The topological polar surface area (TPSA) is 0 Å². The Hall–Kier alpha value is -4.68. The molecule has 0 aliphatic heterocycles. The normalized spacial score (nSPS) is 11.7. The highest BCUT2D eigenvalue weighted by molar-refractivity contribution is 6.21. The van der Waals surface area contributed by atoms with Crippen LogP contribution in [0.4, 0.5) is 0 Å². The molecule has 36 heavy (non-hydrogen) atoms. The van der Waals surface area contributed by atoms with Gasteiger partial charge in [0, 0.05) is 0 Å². The summed E-state index contributed by atoms with van der Waals surface area (Å²) >= 11 is 0. The Balaban J connectivity index is 1.43. The van der Waals surface area contributed by atoms with Gasteiger partial charge in [-0.3, -0.25) is 0 Å². The summed E-state index contributed by atoms with van der Waals surface area (Å²) in [6.07, 6.45) is 0. The molecule has 0 saturated carbocycles. The molecule has 7 aromatic carbocycles. The Bertz CT molecular complexity index is 1860. The van der Waals surface area contributed by atoms with Crippen LogP contribution in [0.1, 0.15) is 1.37 Å². The van der Waals surface area contributed by atoms with E-state index in [0.29, 0.717) is 6.04 Å². The van der Waals surface area contributed by atoms with Crippen LogP contribution in [0.2, 0.25) is 0 Å². The third-order valence-electron chi connectivity index (χ3n) is 7.19. The first-order chi connectivity index (χ1) is 18.3. The fraction of sp³-hybridized carbons (Fsp3) is 0. The lowest BCUT2D eigenvalue weighted by Gasteiger charge is -2.18. The zero-order chi connectivity index (χ0) is 24.8. The molecule has 0 bridgehead atoms. The number of benzene rings is 7. The molecule has 0 nitrogen and oxygen atoms in total. The summed E-state index contributed by atoms with van der Waals surface area (Å²) < 4.78 is 7.98. The van der Waals surface area contributed by atoms with Crippen LogP contribution in [0.3, 0.4) is 0 Å². The van der Waals surface area contributed by atoms with Crippen LogP contribution in [-0.2, 0) is 0 Å². The van der Waals surface area contributed by atoms with Gasteiger partial charge in [0.25, 0.3) is 0 Å². The Morgan fingerprint density at radius 3 is 1.44 bits per heavy atom. The minimum absolute atomic E-state index is 0.540. The summed E-state index contributed by atoms with van der Waals surface area (Å²) in [5, 5.41) is 7.33. The van der Waals surface area contributed by atoms with E-state index in [0.717, 1.165) is 10.8 Å². The van der Waals surface area contributed by atoms with Crippen LogP contribution >= 0.6 is 0 Å². The average Bonchev–Trinajstić information content (AvgIpc) is 2.96. The van der Waals surface area contributed by atoms with Gasteiger partial charge in [0.1, 0.15) is 0 Å². The molecule has 0 unspecified atom stereocenters. The first kappa shape index (κ1) is 19.6. The van der Waals surface area contributed by atoms with Gasteiger partial charge in [-0.15, -0.1) is 0 Å². The van der Waals surface area contributed by atoms with E-state index in [1.165, 1.54) is 54.9 Å². The second-order valence-corrected chi connectivity index (χ2v) is 9.27. The van der Waals surface area contributed by atoms with Crippen molar-refractivity contribution >= 4 is 32.3 Å². The van der Waals surface area contributed by atoms with Crippen molar-refractivity contribution in [3.63, 3.8) is 0 Å². The van der Waals surface area contributed by atoms with Crippen molar-refractivity contribution in [3.05, 3.63) is 146 Å². The van der Waals surface area contributed by atoms with Crippen LogP contribution in [0.25, 0.3) is 65.7 Å². The molecule has 7 rings (SSSR count). The molecule has 168 valence electrons. The first-order valence-corrected chi connectivity index (χ1v) is 12.4. The standard InChI is InChI=1S/C36H24/c1-2-11-27(12-3-1)35-31-14-6-8-16-33(31)36(34-17-9-7-15-32(34)35)28-21-18-26(19-22-28)30-23-20-25-10-4-5-13-29(25)24-30/h1-24H/i5D. The molecule has 0 heterocycles. The van der Waals surface area contributed by atoms with Crippen molar-refractivity contribution in [2.75, 3.05) is 0 Å². The quantitative estimate of drug-likeness (QED) is 0.232. The van der Waals surface area contributed by atoms with E-state index in [9.17, 15) is 0 Å². The zero-order valence-electron chi connectivity index (χ0n) is 20.8. The van der Waals surface area contributed by atoms with Crippen molar-refractivity contribution in [2.45, 2.75) is 0 Å². The zero-order valence-corrected chi connectivity index (χ0v) is 19.8. The van der Waals surface area contributed by atoms with Crippen LogP contribution in [-0.4, -0.2) is 0 Å². The predicted molar refractivity (Wildman–Crippen MR) is 155 cm³/mol. The number of hydrogen-bond donors (Lipinski definition) is 0. The Morgan fingerprint density at radius 1 is 0.333 bits per heavy atom. The number of hydrogen-bond acceptors (Lipinski definition) is 0. The summed E-state index contributed by atoms with van der Waals surface area (Å²) in [5.74, 6) is 0.